The predicted octanol–water partition coefficient (Wildman–Crippen LogP) is 2.08. The van der Waals surface area contributed by atoms with Crippen LogP contribution in [0.4, 0.5) is 4.39 Å². The maximum Gasteiger partial charge on any atom is 0.258 e. The van der Waals surface area contributed by atoms with Crippen molar-refractivity contribution < 1.29 is 19.0 Å². The number of rotatable bonds is 5. The fraction of sp³-hybridized carbons (Fsp3) is 0.462. The summed E-state index contributed by atoms with van der Waals surface area (Å²) in [5.41, 5.74) is -0.879. The number of aromatic hydroxyl groups is 1. The fourth-order valence-electron chi connectivity index (χ4n) is 1.56. The Labute approximate surface area is 106 Å². The number of nitrogens with one attached hydrogen (secondary N) is 1. The standard InChI is InChI=1S/C13H18FNO3/c1-4-18-13(2,3)8-15-12(17)11-9(14)6-5-7-10(11)16/h5-7,16H,4,8H2,1-3H3,(H,15,17). The van der Waals surface area contributed by atoms with Crippen LogP contribution in [-0.4, -0.2) is 29.8 Å². The minimum absolute atomic E-state index is 0.230. The molecule has 1 rings (SSSR count). The lowest BCUT2D eigenvalue weighted by atomic mass is 10.1. The molecule has 0 aliphatic rings. The van der Waals surface area contributed by atoms with E-state index in [1.807, 2.05) is 20.8 Å². The van der Waals surface area contributed by atoms with Crippen molar-refractivity contribution >= 4 is 5.91 Å². The molecular formula is C13H18FNO3. The molecule has 0 unspecified atom stereocenters. The Bertz CT molecular complexity index is 412. The van der Waals surface area contributed by atoms with Gasteiger partial charge in [0.25, 0.3) is 5.91 Å². The number of amides is 1. The highest BCUT2D eigenvalue weighted by Crippen LogP contribution is 2.19. The van der Waals surface area contributed by atoms with Crippen molar-refractivity contribution in [3.63, 3.8) is 0 Å². The van der Waals surface area contributed by atoms with Crippen molar-refractivity contribution in [2.45, 2.75) is 26.4 Å². The number of ether oxygens (including phenoxy) is 1. The summed E-state index contributed by atoms with van der Waals surface area (Å²) in [7, 11) is 0. The second kappa shape index (κ2) is 5.82. The average molecular weight is 255 g/mol. The van der Waals surface area contributed by atoms with Crippen molar-refractivity contribution in [3.8, 4) is 5.75 Å². The van der Waals surface area contributed by atoms with Crippen LogP contribution in [0.3, 0.4) is 0 Å². The molecule has 1 aromatic carbocycles. The van der Waals surface area contributed by atoms with Crippen LogP contribution in [0.15, 0.2) is 18.2 Å². The maximum atomic E-state index is 13.4. The lowest BCUT2D eigenvalue weighted by molar-refractivity contribution is -0.00820. The first-order valence-corrected chi connectivity index (χ1v) is 5.77. The molecule has 0 aromatic heterocycles. The van der Waals surface area contributed by atoms with Crippen LogP contribution in [0.25, 0.3) is 0 Å². The zero-order valence-electron chi connectivity index (χ0n) is 10.8. The molecule has 1 aromatic rings. The highest BCUT2D eigenvalue weighted by molar-refractivity contribution is 5.97. The van der Waals surface area contributed by atoms with Gasteiger partial charge in [-0.1, -0.05) is 6.07 Å². The summed E-state index contributed by atoms with van der Waals surface area (Å²) in [5, 5.41) is 12.0. The van der Waals surface area contributed by atoms with E-state index in [0.717, 1.165) is 6.07 Å². The minimum atomic E-state index is -0.748. The number of phenols is 1. The van der Waals surface area contributed by atoms with Gasteiger partial charge in [-0.25, -0.2) is 4.39 Å². The molecule has 18 heavy (non-hydrogen) atoms. The van der Waals surface area contributed by atoms with Crippen LogP contribution in [0.2, 0.25) is 0 Å². The number of hydrogen-bond acceptors (Lipinski definition) is 3. The van der Waals surface area contributed by atoms with E-state index in [9.17, 15) is 14.3 Å². The Morgan fingerprint density at radius 1 is 1.50 bits per heavy atom. The van der Waals surface area contributed by atoms with Gasteiger partial charge in [-0.2, -0.15) is 0 Å². The number of hydrogen-bond donors (Lipinski definition) is 2. The van der Waals surface area contributed by atoms with E-state index >= 15 is 0 Å². The van der Waals surface area contributed by atoms with Gasteiger partial charge < -0.3 is 15.2 Å². The third kappa shape index (κ3) is 3.70. The van der Waals surface area contributed by atoms with Crippen LogP contribution in [0, 0.1) is 5.82 Å². The number of carbonyl (C=O) groups excluding carboxylic acids is 1. The summed E-state index contributed by atoms with van der Waals surface area (Å²) in [6.07, 6.45) is 0. The fourth-order valence-corrected chi connectivity index (χ4v) is 1.56. The van der Waals surface area contributed by atoms with Crippen LogP contribution < -0.4 is 5.32 Å². The monoisotopic (exact) mass is 255 g/mol. The van der Waals surface area contributed by atoms with Crippen molar-refractivity contribution in [1.82, 2.24) is 5.32 Å². The molecule has 0 saturated heterocycles. The first-order valence-electron chi connectivity index (χ1n) is 5.77. The molecule has 100 valence electrons. The van der Waals surface area contributed by atoms with Crippen LogP contribution >= 0.6 is 0 Å². The van der Waals surface area contributed by atoms with Gasteiger partial charge in [0, 0.05) is 13.2 Å². The molecule has 1 amide bonds. The summed E-state index contributed by atoms with van der Waals surface area (Å²) in [6, 6.07) is 3.74. The van der Waals surface area contributed by atoms with Gasteiger partial charge in [0.05, 0.1) is 5.60 Å². The highest BCUT2D eigenvalue weighted by atomic mass is 19.1. The summed E-state index contributed by atoms with van der Waals surface area (Å²) in [5.74, 6) is -1.78. The van der Waals surface area contributed by atoms with Crippen LogP contribution in [-0.2, 0) is 4.74 Å². The quantitative estimate of drug-likeness (QED) is 0.846. The van der Waals surface area contributed by atoms with Gasteiger partial charge in [0.2, 0.25) is 0 Å². The number of halogens is 1. The molecule has 0 aliphatic heterocycles. The number of phenolic OH excluding ortho intramolecular Hbond substituents is 1. The summed E-state index contributed by atoms with van der Waals surface area (Å²) >= 11 is 0. The predicted molar refractivity (Wildman–Crippen MR) is 66.1 cm³/mol. The Balaban J connectivity index is 2.72. The van der Waals surface area contributed by atoms with E-state index in [1.165, 1.54) is 12.1 Å². The van der Waals surface area contributed by atoms with Gasteiger partial charge in [0.15, 0.2) is 0 Å². The highest BCUT2D eigenvalue weighted by Gasteiger charge is 2.21. The summed E-state index contributed by atoms with van der Waals surface area (Å²) < 4.78 is 18.8. The SMILES string of the molecule is CCOC(C)(C)CNC(=O)c1c(O)cccc1F. The molecule has 0 spiro atoms. The van der Waals surface area contributed by atoms with E-state index in [1.54, 1.807) is 0 Å². The number of carbonyl (C=O) groups is 1. The lowest BCUT2D eigenvalue weighted by Crippen LogP contribution is -2.40. The second-order valence-electron chi connectivity index (χ2n) is 4.51. The van der Waals surface area contributed by atoms with Gasteiger partial charge in [-0.15, -0.1) is 0 Å². The van der Waals surface area contributed by atoms with Crippen molar-refractivity contribution in [3.05, 3.63) is 29.6 Å². The van der Waals surface area contributed by atoms with E-state index in [4.69, 9.17) is 4.74 Å². The third-order valence-corrected chi connectivity index (χ3v) is 2.43. The first kappa shape index (κ1) is 14.4. The Morgan fingerprint density at radius 2 is 2.17 bits per heavy atom. The van der Waals surface area contributed by atoms with Gasteiger partial charge >= 0.3 is 0 Å². The second-order valence-corrected chi connectivity index (χ2v) is 4.51. The maximum absolute atomic E-state index is 13.4. The van der Waals surface area contributed by atoms with Crippen LogP contribution in [0.5, 0.6) is 5.75 Å². The van der Waals surface area contributed by atoms with Gasteiger partial charge in [-0.3, -0.25) is 4.79 Å². The Morgan fingerprint density at radius 3 is 2.72 bits per heavy atom. The molecule has 5 heteroatoms. The molecule has 4 nitrogen and oxygen atoms in total. The van der Waals surface area contributed by atoms with Crippen LogP contribution in [0.1, 0.15) is 31.1 Å². The smallest absolute Gasteiger partial charge is 0.258 e. The molecule has 0 bridgehead atoms. The van der Waals surface area contributed by atoms with Crippen molar-refractivity contribution in [2.75, 3.05) is 13.2 Å². The molecule has 0 fully saturated rings. The molecule has 0 atom stereocenters. The molecular weight excluding hydrogens is 237 g/mol. The zero-order chi connectivity index (χ0) is 13.8. The van der Waals surface area contributed by atoms with Crippen molar-refractivity contribution in [1.29, 1.82) is 0 Å². The average Bonchev–Trinajstić information content (AvgIpc) is 2.26. The Hall–Kier alpha value is -1.62. The molecule has 2 N–H and O–H groups in total. The van der Waals surface area contributed by atoms with E-state index in [-0.39, 0.29) is 17.9 Å². The normalized spacial score (nSPS) is 11.3. The first-order chi connectivity index (χ1) is 8.37. The molecule has 0 radical (unpaired) electrons. The summed E-state index contributed by atoms with van der Waals surface area (Å²) in [4.78, 5) is 11.8. The molecule has 0 heterocycles. The van der Waals surface area contributed by atoms with Gasteiger partial charge in [-0.05, 0) is 32.9 Å². The molecule has 0 saturated carbocycles. The topological polar surface area (TPSA) is 58.6 Å². The number of benzene rings is 1. The molecule has 0 aliphatic carbocycles. The zero-order valence-corrected chi connectivity index (χ0v) is 10.8. The Kier molecular flexibility index (Phi) is 4.67. The largest absolute Gasteiger partial charge is 0.507 e. The van der Waals surface area contributed by atoms with E-state index < -0.39 is 17.3 Å². The van der Waals surface area contributed by atoms with Crippen molar-refractivity contribution in [2.24, 2.45) is 0 Å². The lowest BCUT2D eigenvalue weighted by Gasteiger charge is -2.24. The van der Waals surface area contributed by atoms with E-state index in [2.05, 4.69) is 5.32 Å². The summed E-state index contributed by atoms with van der Waals surface area (Å²) in [6.45, 7) is 6.24. The third-order valence-electron chi connectivity index (χ3n) is 2.43. The van der Waals surface area contributed by atoms with E-state index in [0.29, 0.717) is 6.61 Å². The minimum Gasteiger partial charge on any atom is -0.507 e. The van der Waals surface area contributed by atoms with Gasteiger partial charge in [0.1, 0.15) is 17.1 Å².